The number of hydrogen-bond acceptors (Lipinski definition) is 4. The SMILES string of the molecule is CCN(C(=O)OC(C)(C)C)c1ccc(C2CCCCN2CC)cn1. The average Bonchev–Trinajstić information content (AvgIpc) is 2.54. The first-order valence-electron chi connectivity index (χ1n) is 9.06. The number of anilines is 1. The molecule has 1 saturated heterocycles. The van der Waals surface area contributed by atoms with Gasteiger partial charge in [-0.05, 0) is 65.3 Å². The van der Waals surface area contributed by atoms with Crippen LogP contribution in [0.15, 0.2) is 18.3 Å². The van der Waals surface area contributed by atoms with Crippen molar-refractivity contribution in [1.82, 2.24) is 9.88 Å². The third kappa shape index (κ3) is 4.69. The second-order valence-corrected chi connectivity index (χ2v) is 7.31. The largest absolute Gasteiger partial charge is 0.443 e. The smallest absolute Gasteiger partial charge is 0.415 e. The Hall–Kier alpha value is -1.62. The van der Waals surface area contributed by atoms with E-state index in [1.807, 2.05) is 40.0 Å². The predicted octanol–water partition coefficient (Wildman–Crippen LogP) is 4.39. The summed E-state index contributed by atoms with van der Waals surface area (Å²) in [6, 6.07) is 4.49. The molecule has 0 saturated carbocycles. The summed E-state index contributed by atoms with van der Waals surface area (Å²) in [6.45, 7) is 12.5. The zero-order chi connectivity index (χ0) is 17.7. The van der Waals surface area contributed by atoms with Gasteiger partial charge in [0, 0.05) is 18.8 Å². The molecule has 1 amide bonds. The van der Waals surface area contributed by atoms with Crippen LogP contribution in [-0.4, -0.2) is 41.2 Å². The molecule has 134 valence electrons. The van der Waals surface area contributed by atoms with Crippen molar-refractivity contribution in [2.45, 2.75) is 65.5 Å². The molecule has 1 fully saturated rings. The molecule has 0 radical (unpaired) electrons. The maximum Gasteiger partial charge on any atom is 0.415 e. The summed E-state index contributed by atoms with van der Waals surface area (Å²) in [6.07, 6.45) is 5.29. The minimum absolute atomic E-state index is 0.349. The van der Waals surface area contributed by atoms with E-state index in [4.69, 9.17) is 4.74 Å². The highest BCUT2D eigenvalue weighted by atomic mass is 16.6. The summed E-state index contributed by atoms with van der Waals surface area (Å²) < 4.78 is 5.46. The maximum atomic E-state index is 12.3. The number of ether oxygens (including phenoxy) is 1. The molecule has 1 aromatic heterocycles. The van der Waals surface area contributed by atoms with Crippen LogP contribution in [0.3, 0.4) is 0 Å². The summed E-state index contributed by atoms with van der Waals surface area (Å²) >= 11 is 0. The second kappa shape index (κ2) is 7.97. The van der Waals surface area contributed by atoms with Crippen LogP contribution < -0.4 is 4.90 Å². The number of nitrogens with zero attached hydrogens (tertiary/aromatic N) is 3. The van der Waals surface area contributed by atoms with E-state index in [1.165, 1.54) is 24.8 Å². The van der Waals surface area contributed by atoms with Crippen molar-refractivity contribution in [1.29, 1.82) is 0 Å². The lowest BCUT2D eigenvalue weighted by molar-refractivity contribution is 0.0581. The minimum Gasteiger partial charge on any atom is -0.443 e. The van der Waals surface area contributed by atoms with Gasteiger partial charge in [0.05, 0.1) is 0 Å². The third-order valence-corrected chi connectivity index (χ3v) is 4.38. The number of rotatable bonds is 4. The van der Waals surface area contributed by atoms with E-state index in [1.54, 1.807) is 4.90 Å². The number of amides is 1. The molecule has 0 bridgehead atoms. The lowest BCUT2D eigenvalue weighted by Gasteiger charge is -2.35. The Kier molecular flexibility index (Phi) is 6.21. The van der Waals surface area contributed by atoms with Gasteiger partial charge in [0.15, 0.2) is 0 Å². The molecule has 1 unspecified atom stereocenters. The topological polar surface area (TPSA) is 45.7 Å². The Balaban J connectivity index is 2.13. The molecule has 5 heteroatoms. The first-order valence-corrected chi connectivity index (χ1v) is 9.06. The predicted molar refractivity (Wildman–Crippen MR) is 97.3 cm³/mol. The number of aromatic nitrogens is 1. The van der Waals surface area contributed by atoms with Gasteiger partial charge >= 0.3 is 6.09 Å². The quantitative estimate of drug-likeness (QED) is 0.820. The number of hydrogen-bond donors (Lipinski definition) is 0. The van der Waals surface area contributed by atoms with Crippen LogP contribution in [0.2, 0.25) is 0 Å². The summed E-state index contributed by atoms with van der Waals surface area (Å²) in [7, 11) is 0. The Morgan fingerprint density at radius 2 is 2.08 bits per heavy atom. The number of carbonyl (C=O) groups is 1. The van der Waals surface area contributed by atoms with Crippen LogP contribution in [0, 0.1) is 0 Å². The van der Waals surface area contributed by atoms with Crippen LogP contribution in [0.1, 0.15) is 65.5 Å². The molecular weight excluding hydrogens is 302 g/mol. The highest BCUT2D eigenvalue weighted by Gasteiger charge is 2.25. The van der Waals surface area contributed by atoms with E-state index in [2.05, 4.69) is 22.9 Å². The fourth-order valence-electron chi connectivity index (χ4n) is 3.20. The van der Waals surface area contributed by atoms with Crippen molar-refractivity contribution >= 4 is 11.9 Å². The Labute approximate surface area is 146 Å². The average molecular weight is 333 g/mol. The van der Waals surface area contributed by atoms with E-state index in [0.29, 0.717) is 18.4 Å². The highest BCUT2D eigenvalue weighted by Crippen LogP contribution is 2.30. The van der Waals surface area contributed by atoms with Crippen molar-refractivity contribution < 1.29 is 9.53 Å². The standard InChI is InChI=1S/C19H31N3O2/c1-6-21-13-9-8-10-16(21)15-11-12-17(20-14-15)22(7-2)18(23)24-19(3,4)5/h11-12,14,16H,6-10,13H2,1-5H3. The summed E-state index contributed by atoms with van der Waals surface area (Å²) in [5, 5.41) is 0. The molecule has 0 N–H and O–H groups in total. The molecule has 1 atom stereocenters. The molecule has 1 aromatic rings. The van der Waals surface area contributed by atoms with Crippen LogP contribution in [-0.2, 0) is 4.74 Å². The number of piperidine rings is 1. The van der Waals surface area contributed by atoms with Crippen LogP contribution in [0.5, 0.6) is 0 Å². The minimum atomic E-state index is -0.506. The van der Waals surface area contributed by atoms with E-state index in [0.717, 1.165) is 13.1 Å². The fourth-order valence-corrected chi connectivity index (χ4v) is 3.20. The molecule has 24 heavy (non-hydrogen) atoms. The van der Waals surface area contributed by atoms with Crippen LogP contribution in [0.25, 0.3) is 0 Å². The molecule has 2 heterocycles. The highest BCUT2D eigenvalue weighted by molar-refractivity contribution is 5.86. The summed E-state index contributed by atoms with van der Waals surface area (Å²) in [5.41, 5.74) is 0.731. The van der Waals surface area contributed by atoms with Gasteiger partial charge in [-0.1, -0.05) is 19.4 Å². The zero-order valence-electron chi connectivity index (χ0n) is 15.7. The van der Waals surface area contributed by atoms with Crippen LogP contribution >= 0.6 is 0 Å². The van der Waals surface area contributed by atoms with Gasteiger partial charge in [-0.3, -0.25) is 9.80 Å². The van der Waals surface area contributed by atoms with Gasteiger partial charge in [-0.2, -0.15) is 0 Å². The Morgan fingerprint density at radius 1 is 1.33 bits per heavy atom. The molecular formula is C19H31N3O2. The number of likely N-dealkylation sites (tertiary alicyclic amines) is 1. The molecule has 5 nitrogen and oxygen atoms in total. The monoisotopic (exact) mass is 333 g/mol. The van der Waals surface area contributed by atoms with Gasteiger partial charge in [0.25, 0.3) is 0 Å². The molecule has 0 aliphatic carbocycles. The van der Waals surface area contributed by atoms with Crippen molar-refractivity contribution in [2.24, 2.45) is 0 Å². The van der Waals surface area contributed by atoms with Gasteiger partial charge in [0.2, 0.25) is 0 Å². The van der Waals surface area contributed by atoms with E-state index < -0.39 is 5.60 Å². The van der Waals surface area contributed by atoms with Gasteiger partial charge in [-0.15, -0.1) is 0 Å². The lowest BCUT2D eigenvalue weighted by Crippen LogP contribution is -2.37. The Bertz CT molecular complexity index is 537. The maximum absolute atomic E-state index is 12.3. The first-order chi connectivity index (χ1) is 11.4. The van der Waals surface area contributed by atoms with Crippen molar-refractivity contribution in [3.8, 4) is 0 Å². The normalized spacial score (nSPS) is 19.1. The van der Waals surface area contributed by atoms with Crippen LogP contribution in [0.4, 0.5) is 10.6 Å². The number of pyridine rings is 1. The molecule has 0 aromatic carbocycles. The third-order valence-electron chi connectivity index (χ3n) is 4.38. The Morgan fingerprint density at radius 3 is 2.62 bits per heavy atom. The van der Waals surface area contributed by atoms with E-state index in [9.17, 15) is 4.79 Å². The summed E-state index contributed by atoms with van der Waals surface area (Å²) in [4.78, 5) is 21.0. The van der Waals surface area contributed by atoms with Gasteiger partial charge < -0.3 is 4.74 Å². The molecule has 1 aliphatic rings. The van der Waals surface area contributed by atoms with Crippen molar-refractivity contribution in [3.63, 3.8) is 0 Å². The zero-order valence-corrected chi connectivity index (χ0v) is 15.7. The second-order valence-electron chi connectivity index (χ2n) is 7.31. The van der Waals surface area contributed by atoms with Gasteiger partial charge in [-0.25, -0.2) is 9.78 Å². The molecule has 2 rings (SSSR count). The van der Waals surface area contributed by atoms with Gasteiger partial charge in [0.1, 0.15) is 11.4 Å². The van der Waals surface area contributed by atoms with Crippen molar-refractivity contribution in [3.05, 3.63) is 23.9 Å². The van der Waals surface area contributed by atoms with E-state index >= 15 is 0 Å². The summed E-state index contributed by atoms with van der Waals surface area (Å²) in [5.74, 6) is 0.648. The molecule has 1 aliphatic heterocycles. The molecule has 0 spiro atoms. The fraction of sp³-hybridized carbons (Fsp3) is 0.684. The first kappa shape index (κ1) is 18.7. The van der Waals surface area contributed by atoms with E-state index in [-0.39, 0.29) is 6.09 Å². The number of carbonyl (C=O) groups excluding carboxylic acids is 1. The lowest BCUT2D eigenvalue weighted by atomic mass is 9.96. The van der Waals surface area contributed by atoms with Crippen molar-refractivity contribution in [2.75, 3.05) is 24.5 Å².